The molecule has 0 fully saturated rings. The third kappa shape index (κ3) is 5.58. The maximum absolute atomic E-state index is 12.9. The highest BCUT2D eigenvalue weighted by Crippen LogP contribution is 2.37. The standard InChI is InChI=1S/C16H21F3O3/c1-3-5-9-21-14-11-12(15(20)22-10-6-4-2)7-8-13(14)16(17,18)19/h7-8,11H,3-6,9-10H2,1-2H3. The van der Waals surface area contributed by atoms with Crippen molar-refractivity contribution in [1.29, 1.82) is 0 Å². The van der Waals surface area contributed by atoms with Crippen molar-refractivity contribution in [2.45, 2.75) is 45.7 Å². The average Bonchev–Trinajstić information content (AvgIpc) is 2.46. The lowest BCUT2D eigenvalue weighted by Crippen LogP contribution is -2.12. The normalized spacial score (nSPS) is 11.3. The van der Waals surface area contributed by atoms with Crippen molar-refractivity contribution in [2.24, 2.45) is 0 Å². The van der Waals surface area contributed by atoms with Gasteiger partial charge < -0.3 is 9.47 Å². The molecule has 1 aromatic carbocycles. The fourth-order valence-corrected chi connectivity index (χ4v) is 1.72. The first-order valence-electron chi connectivity index (χ1n) is 7.41. The molecule has 0 spiro atoms. The van der Waals surface area contributed by atoms with Crippen LogP contribution in [0.3, 0.4) is 0 Å². The Morgan fingerprint density at radius 1 is 1.09 bits per heavy atom. The zero-order valence-corrected chi connectivity index (χ0v) is 12.8. The predicted molar refractivity (Wildman–Crippen MR) is 77.0 cm³/mol. The smallest absolute Gasteiger partial charge is 0.419 e. The topological polar surface area (TPSA) is 35.5 Å². The van der Waals surface area contributed by atoms with Crippen LogP contribution in [0.25, 0.3) is 0 Å². The zero-order chi connectivity index (χ0) is 16.6. The molecule has 0 saturated heterocycles. The SMILES string of the molecule is CCCCOC(=O)c1ccc(C(F)(F)F)c(OCCCC)c1. The molecule has 124 valence electrons. The first-order chi connectivity index (χ1) is 10.4. The number of alkyl halides is 3. The third-order valence-corrected chi connectivity index (χ3v) is 3.01. The highest BCUT2D eigenvalue weighted by Gasteiger charge is 2.34. The molecule has 0 atom stereocenters. The molecule has 0 aliphatic carbocycles. The van der Waals surface area contributed by atoms with Gasteiger partial charge in [-0.3, -0.25) is 0 Å². The van der Waals surface area contributed by atoms with Gasteiger partial charge in [0.25, 0.3) is 0 Å². The molecule has 0 heterocycles. The van der Waals surface area contributed by atoms with Crippen LogP contribution in [0, 0.1) is 0 Å². The minimum Gasteiger partial charge on any atom is -0.493 e. The van der Waals surface area contributed by atoms with E-state index in [4.69, 9.17) is 9.47 Å². The maximum atomic E-state index is 12.9. The zero-order valence-electron chi connectivity index (χ0n) is 12.8. The lowest BCUT2D eigenvalue weighted by Gasteiger charge is -2.15. The Balaban J connectivity index is 2.92. The Morgan fingerprint density at radius 3 is 2.32 bits per heavy atom. The van der Waals surface area contributed by atoms with Crippen LogP contribution in [0.15, 0.2) is 18.2 Å². The third-order valence-electron chi connectivity index (χ3n) is 3.01. The van der Waals surface area contributed by atoms with E-state index in [9.17, 15) is 18.0 Å². The van der Waals surface area contributed by atoms with E-state index < -0.39 is 17.7 Å². The first-order valence-corrected chi connectivity index (χ1v) is 7.41. The molecule has 3 nitrogen and oxygen atoms in total. The molecule has 0 radical (unpaired) electrons. The first kappa shape index (κ1) is 18.3. The second kappa shape index (κ2) is 8.66. The van der Waals surface area contributed by atoms with Gasteiger partial charge in [-0.1, -0.05) is 26.7 Å². The van der Waals surface area contributed by atoms with Gasteiger partial charge in [-0.15, -0.1) is 0 Å². The number of esters is 1. The van der Waals surface area contributed by atoms with E-state index in [0.717, 1.165) is 31.0 Å². The fraction of sp³-hybridized carbons (Fsp3) is 0.562. The molecule has 0 bridgehead atoms. The Bertz CT molecular complexity index is 484. The summed E-state index contributed by atoms with van der Waals surface area (Å²) in [5.41, 5.74) is -0.815. The van der Waals surface area contributed by atoms with Crippen molar-refractivity contribution >= 4 is 5.97 Å². The molecular formula is C16H21F3O3. The monoisotopic (exact) mass is 318 g/mol. The second-order valence-electron chi connectivity index (χ2n) is 4.90. The summed E-state index contributed by atoms with van der Waals surface area (Å²) in [6.45, 7) is 4.29. The maximum Gasteiger partial charge on any atom is 0.419 e. The average molecular weight is 318 g/mol. The molecule has 6 heteroatoms. The summed E-state index contributed by atoms with van der Waals surface area (Å²) in [7, 11) is 0. The van der Waals surface area contributed by atoms with Gasteiger partial charge in [0.15, 0.2) is 0 Å². The molecule has 0 N–H and O–H groups in total. The van der Waals surface area contributed by atoms with Gasteiger partial charge in [-0.2, -0.15) is 13.2 Å². The number of hydrogen-bond donors (Lipinski definition) is 0. The summed E-state index contributed by atoms with van der Waals surface area (Å²) in [6, 6.07) is 3.08. The largest absolute Gasteiger partial charge is 0.493 e. The summed E-state index contributed by atoms with van der Waals surface area (Å²) in [5.74, 6) is -0.964. The highest BCUT2D eigenvalue weighted by atomic mass is 19.4. The van der Waals surface area contributed by atoms with Crippen LogP contribution in [-0.2, 0) is 10.9 Å². The lowest BCUT2D eigenvalue weighted by molar-refractivity contribution is -0.139. The molecule has 22 heavy (non-hydrogen) atoms. The van der Waals surface area contributed by atoms with Crippen LogP contribution in [0.5, 0.6) is 5.75 Å². The Labute approximate surface area is 128 Å². The van der Waals surface area contributed by atoms with Crippen LogP contribution in [0.2, 0.25) is 0 Å². The van der Waals surface area contributed by atoms with Crippen molar-refractivity contribution < 1.29 is 27.4 Å². The Kier molecular flexibility index (Phi) is 7.21. The van der Waals surface area contributed by atoms with Gasteiger partial charge in [-0.25, -0.2) is 4.79 Å². The van der Waals surface area contributed by atoms with E-state index in [2.05, 4.69) is 0 Å². The molecule has 0 saturated carbocycles. The minimum absolute atomic E-state index is 0.0654. The van der Waals surface area contributed by atoms with Crippen molar-refractivity contribution in [3.05, 3.63) is 29.3 Å². The van der Waals surface area contributed by atoms with Crippen molar-refractivity contribution in [1.82, 2.24) is 0 Å². The van der Waals surface area contributed by atoms with E-state index in [-0.39, 0.29) is 24.5 Å². The van der Waals surface area contributed by atoms with Crippen LogP contribution in [0.1, 0.15) is 55.5 Å². The number of halogens is 3. The Morgan fingerprint density at radius 2 is 1.73 bits per heavy atom. The van der Waals surface area contributed by atoms with E-state index in [1.807, 2.05) is 13.8 Å². The summed E-state index contributed by atoms with van der Waals surface area (Å²) >= 11 is 0. The summed E-state index contributed by atoms with van der Waals surface area (Å²) < 4.78 is 49.0. The van der Waals surface area contributed by atoms with E-state index in [1.165, 1.54) is 0 Å². The van der Waals surface area contributed by atoms with Crippen LogP contribution in [0.4, 0.5) is 13.2 Å². The number of ether oxygens (including phenoxy) is 2. The van der Waals surface area contributed by atoms with Crippen LogP contribution in [-0.4, -0.2) is 19.2 Å². The molecular weight excluding hydrogens is 297 g/mol. The van der Waals surface area contributed by atoms with E-state index >= 15 is 0 Å². The fourth-order valence-electron chi connectivity index (χ4n) is 1.72. The molecule has 1 rings (SSSR count). The van der Waals surface area contributed by atoms with E-state index in [0.29, 0.717) is 12.8 Å². The summed E-state index contributed by atoms with van der Waals surface area (Å²) in [5, 5.41) is 0. The summed E-state index contributed by atoms with van der Waals surface area (Å²) in [6.07, 6.45) is -1.49. The number of carbonyl (C=O) groups is 1. The van der Waals surface area contributed by atoms with Gasteiger partial charge >= 0.3 is 12.1 Å². The number of rotatable bonds is 8. The van der Waals surface area contributed by atoms with Gasteiger partial charge in [0.2, 0.25) is 0 Å². The molecule has 0 aromatic heterocycles. The lowest BCUT2D eigenvalue weighted by atomic mass is 10.1. The number of hydrogen-bond acceptors (Lipinski definition) is 3. The van der Waals surface area contributed by atoms with Crippen molar-refractivity contribution in [3.63, 3.8) is 0 Å². The van der Waals surface area contributed by atoms with Gasteiger partial charge in [0.1, 0.15) is 5.75 Å². The predicted octanol–water partition coefficient (Wildman–Crippen LogP) is 4.84. The quantitative estimate of drug-likeness (QED) is 0.508. The Hall–Kier alpha value is -1.72. The number of unbranched alkanes of at least 4 members (excludes halogenated alkanes) is 2. The minimum atomic E-state index is -4.52. The summed E-state index contributed by atoms with van der Waals surface area (Å²) in [4.78, 5) is 11.8. The van der Waals surface area contributed by atoms with E-state index in [1.54, 1.807) is 0 Å². The van der Waals surface area contributed by atoms with Gasteiger partial charge in [0.05, 0.1) is 24.3 Å². The molecule has 0 amide bonds. The van der Waals surface area contributed by atoms with Crippen molar-refractivity contribution in [2.75, 3.05) is 13.2 Å². The molecule has 1 aromatic rings. The van der Waals surface area contributed by atoms with Gasteiger partial charge in [-0.05, 0) is 31.0 Å². The number of carbonyl (C=O) groups excluding carboxylic acids is 1. The second-order valence-corrected chi connectivity index (χ2v) is 4.90. The van der Waals surface area contributed by atoms with Crippen LogP contribution >= 0.6 is 0 Å². The molecule has 0 aliphatic heterocycles. The van der Waals surface area contributed by atoms with Gasteiger partial charge in [0, 0.05) is 0 Å². The number of benzene rings is 1. The van der Waals surface area contributed by atoms with Crippen molar-refractivity contribution in [3.8, 4) is 5.75 Å². The molecule has 0 unspecified atom stereocenters. The molecule has 0 aliphatic rings. The van der Waals surface area contributed by atoms with Crippen LogP contribution < -0.4 is 4.74 Å². The highest BCUT2D eigenvalue weighted by molar-refractivity contribution is 5.90.